The number of hydrogen-bond donors (Lipinski definition) is 1. The Hall–Kier alpha value is -1.38. The maximum atomic E-state index is 10.8. The van der Waals surface area contributed by atoms with Crippen LogP contribution in [0.15, 0.2) is 42.5 Å². The predicted molar refractivity (Wildman–Crippen MR) is 86.5 cm³/mol. The van der Waals surface area contributed by atoms with Crippen molar-refractivity contribution in [1.82, 2.24) is 0 Å². The van der Waals surface area contributed by atoms with E-state index < -0.39 is 6.10 Å². The summed E-state index contributed by atoms with van der Waals surface area (Å²) in [6.07, 6.45) is 4.52. The molecule has 3 rings (SSSR count). The standard InChI is InChI=1S/C19H24O2/c1-2-21-19(12-5-6-13-19)18(20)14-16-10-7-9-15-8-3-4-11-17(15)16/h3-4,7-11,18,20H,2,5-6,12-14H2,1H3. The second-order valence-corrected chi connectivity index (χ2v) is 6.06. The van der Waals surface area contributed by atoms with Gasteiger partial charge in [0.15, 0.2) is 0 Å². The van der Waals surface area contributed by atoms with E-state index in [-0.39, 0.29) is 5.60 Å². The number of rotatable bonds is 5. The smallest absolute Gasteiger partial charge is 0.0943 e. The first-order valence-electron chi connectivity index (χ1n) is 8.04. The molecule has 0 heterocycles. The maximum absolute atomic E-state index is 10.8. The Balaban J connectivity index is 1.87. The highest BCUT2D eigenvalue weighted by Crippen LogP contribution is 2.37. The van der Waals surface area contributed by atoms with Gasteiger partial charge in [-0.2, -0.15) is 0 Å². The van der Waals surface area contributed by atoms with Crippen LogP contribution in [0.5, 0.6) is 0 Å². The fourth-order valence-electron chi connectivity index (χ4n) is 3.70. The molecule has 1 fully saturated rings. The van der Waals surface area contributed by atoms with Crippen LogP contribution >= 0.6 is 0 Å². The number of aliphatic hydroxyl groups excluding tert-OH is 1. The monoisotopic (exact) mass is 284 g/mol. The zero-order valence-corrected chi connectivity index (χ0v) is 12.7. The molecule has 2 nitrogen and oxygen atoms in total. The van der Waals surface area contributed by atoms with Crippen molar-refractivity contribution in [3.8, 4) is 0 Å². The lowest BCUT2D eigenvalue weighted by Crippen LogP contribution is -2.43. The van der Waals surface area contributed by atoms with Gasteiger partial charge in [0.25, 0.3) is 0 Å². The topological polar surface area (TPSA) is 29.5 Å². The third-order valence-corrected chi connectivity index (χ3v) is 4.78. The van der Waals surface area contributed by atoms with Crippen LogP contribution in [0.25, 0.3) is 10.8 Å². The zero-order valence-electron chi connectivity index (χ0n) is 12.7. The summed E-state index contributed by atoms with van der Waals surface area (Å²) in [4.78, 5) is 0. The molecule has 0 amide bonds. The van der Waals surface area contributed by atoms with Crippen LogP contribution in [0.3, 0.4) is 0 Å². The lowest BCUT2D eigenvalue weighted by Gasteiger charge is -2.34. The summed E-state index contributed by atoms with van der Waals surface area (Å²) in [5.41, 5.74) is 0.887. The molecule has 2 heteroatoms. The van der Waals surface area contributed by atoms with Gasteiger partial charge in [-0.1, -0.05) is 55.3 Å². The molecule has 0 aromatic heterocycles. The quantitative estimate of drug-likeness (QED) is 0.896. The molecule has 112 valence electrons. The summed E-state index contributed by atoms with van der Waals surface area (Å²) in [6.45, 7) is 2.69. The van der Waals surface area contributed by atoms with E-state index in [2.05, 4.69) is 42.5 Å². The Morgan fingerprint density at radius 1 is 1.10 bits per heavy atom. The van der Waals surface area contributed by atoms with E-state index in [9.17, 15) is 5.11 Å². The zero-order chi connectivity index (χ0) is 14.7. The Labute approximate surface area is 126 Å². The van der Waals surface area contributed by atoms with E-state index in [1.165, 1.54) is 16.3 Å². The molecule has 0 saturated heterocycles. The molecule has 1 saturated carbocycles. The summed E-state index contributed by atoms with van der Waals surface area (Å²) in [5.74, 6) is 0. The third-order valence-electron chi connectivity index (χ3n) is 4.78. The Morgan fingerprint density at radius 2 is 1.81 bits per heavy atom. The summed E-state index contributed by atoms with van der Waals surface area (Å²) in [6, 6.07) is 14.7. The lowest BCUT2D eigenvalue weighted by molar-refractivity contribution is -0.115. The van der Waals surface area contributed by atoms with Crippen molar-refractivity contribution in [1.29, 1.82) is 0 Å². The Bertz CT molecular complexity index is 594. The van der Waals surface area contributed by atoms with Gasteiger partial charge in [0.1, 0.15) is 0 Å². The van der Waals surface area contributed by atoms with E-state index in [0.717, 1.165) is 25.7 Å². The molecule has 1 atom stereocenters. The van der Waals surface area contributed by atoms with Gasteiger partial charge in [-0.3, -0.25) is 0 Å². The van der Waals surface area contributed by atoms with Gasteiger partial charge in [0, 0.05) is 13.0 Å². The minimum absolute atomic E-state index is 0.328. The molecule has 0 radical (unpaired) electrons. The summed E-state index contributed by atoms with van der Waals surface area (Å²) >= 11 is 0. The minimum atomic E-state index is -0.425. The highest BCUT2D eigenvalue weighted by molar-refractivity contribution is 5.85. The van der Waals surface area contributed by atoms with E-state index in [1.807, 2.05) is 6.92 Å². The summed E-state index contributed by atoms with van der Waals surface area (Å²) in [5, 5.41) is 13.3. The molecule has 2 aromatic rings. The first-order valence-corrected chi connectivity index (χ1v) is 8.04. The van der Waals surface area contributed by atoms with Gasteiger partial charge in [-0.15, -0.1) is 0 Å². The Morgan fingerprint density at radius 3 is 2.57 bits per heavy atom. The molecule has 1 N–H and O–H groups in total. The van der Waals surface area contributed by atoms with Crippen molar-refractivity contribution in [3.63, 3.8) is 0 Å². The number of hydrogen-bond acceptors (Lipinski definition) is 2. The largest absolute Gasteiger partial charge is 0.390 e. The average molecular weight is 284 g/mol. The van der Waals surface area contributed by atoms with Gasteiger partial charge in [0.2, 0.25) is 0 Å². The van der Waals surface area contributed by atoms with Crippen molar-refractivity contribution in [3.05, 3.63) is 48.0 Å². The molecule has 0 aliphatic heterocycles. The van der Waals surface area contributed by atoms with Gasteiger partial charge in [-0.05, 0) is 36.1 Å². The van der Waals surface area contributed by atoms with E-state index in [1.54, 1.807) is 0 Å². The number of fused-ring (bicyclic) bond motifs is 1. The van der Waals surface area contributed by atoms with Crippen LogP contribution in [-0.4, -0.2) is 23.4 Å². The highest BCUT2D eigenvalue weighted by atomic mass is 16.5. The first-order chi connectivity index (χ1) is 10.2. The van der Waals surface area contributed by atoms with Crippen LogP contribution in [-0.2, 0) is 11.2 Å². The van der Waals surface area contributed by atoms with E-state index >= 15 is 0 Å². The van der Waals surface area contributed by atoms with Gasteiger partial charge in [-0.25, -0.2) is 0 Å². The fraction of sp³-hybridized carbons (Fsp3) is 0.474. The van der Waals surface area contributed by atoms with Gasteiger partial charge < -0.3 is 9.84 Å². The second-order valence-electron chi connectivity index (χ2n) is 6.06. The van der Waals surface area contributed by atoms with Crippen LogP contribution in [0.2, 0.25) is 0 Å². The Kier molecular flexibility index (Phi) is 4.27. The molecule has 1 unspecified atom stereocenters. The van der Waals surface area contributed by atoms with Crippen molar-refractivity contribution in [2.45, 2.75) is 50.7 Å². The van der Waals surface area contributed by atoms with Crippen LogP contribution < -0.4 is 0 Å². The summed E-state index contributed by atoms with van der Waals surface area (Å²) < 4.78 is 5.99. The van der Waals surface area contributed by atoms with Crippen LogP contribution in [0, 0.1) is 0 Å². The highest BCUT2D eigenvalue weighted by Gasteiger charge is 2.41. The van der Waals surface area contributed by atoms with Crippen LogP contribution in [0.1, 0.15) is 38.2 Å². The second kappa shape index (κ2) is 6.17. The van der Waals surface area contributed by atoms with Crippen LogP contribution in [0.4, 0.5) is 0 Å². The summed E-state index contributed by atoms with van der Waals surface area (Å²) in [7, 11) is 0. The molecule has 0 bridgehead atoms. The van der Waals surface area contributed by atoms with Crippen molar-refractivity contribution < 1.29 is 9.84 Å². The average Bonchev–Trinajstić information content (AvgIpc) is 2.98. The normalized spacial score (nSPS) is 19.0. The number of ether oxygens (including phenoxy) is 1. The molecule has 0 spiro atoms. The third kappa shape index (κ3) is 2.83. The van der Waals surface area contributed by atoms with Crippen molar-refractivity contribution in [2.24, 2.45) is 0 Å². The fourth-order valence-corrected chi connectivity index (χ4v) is 3.70. The predicted octanol–water partition coefficient (Wildman–Crippen LogP) is 4.09. The minimum Gasteiger partial charge on any atom is -0.390 e. The van der Waals surface area contributed by atoms with E-state index in [4.69, 9.17) is 4.74 Å². The molecule has 21 heavy (non-hydrogen) atoms. The van der Waals surface area contributed by atoms with Crippen molar-refractivity contribution in [2.75, 3.05) is 6.61 Å². The number of benzene rings is 2. The van der Waals surface area contributed by atoms with Gasteiger partial charge in [0.05, 0.1) is 11.7 Å². The first kappa shape index (κ1) is 14.6. The molecule has 2 aromatic carbocycles. The SMILES string of the molecule is CCOC1(C(O)Cc2cccc3ccccc23)CCCC1. The maximum Gasteiger partial charge on any atom is 0.0943 e. The molecular weight excluding hydrogens is 260 g/mol. The van der Waals surface area contributed by atoms with Gasteiger partial charge >= 0.3 is 0 Å². The molecular formula is C19H24O2. The molecule has 1 aliphatic rings. The lowest BCUT2D eigenvalue weighted by atomic mass is 9.88. The molecule has 1 aliphatic carbocycles. The van der Waals surface area contributed by atoms with Crippen molar-refractivity contribution >= 4 is 10.8 Å². The number of aliphatic hydroxyl groups is 1. The van der Waals surface area contributed by atoms with E-state index in [0.29, 0.717) is 13.0 Å².